The van der Waals surface area contributed by atoms with E-state index in [1.165, 1.54) is 15.9 Å². The molecule has 0 radical (unpaired) electrons. The van der Waals surface area contributed by atoms with E-state index in [-0.39, 0.29) is 11.5 Å². The van der Waals surface area contributed by atoms with Gasteiger partial charge in [-0.05, 0) is 79.1 Å². The third-order valence-corrected chi connectivity index (χ3v) is 13.6. The van der Waals surface area contributed by atoms with Crippen LogP contribution in [0.2, 0.25) is 0 Å². The number of hydrogen-bond acceptors (Lipinski definition) is 5. The van der Waals surface area contributed by atoms with Gasteiger partial charge in [-0.3, -0.25) is 4.79 Å². The van der Waals surface area contributed by atoms with Crippen molar-refractivity contribution < 1.29 is 9.15 Å². The minimum Gasteiger partial charge on any atom is -0.497 e. The SMILES string of the molecule is COc1ccc(-c2nc([P+](c3ccccc3)(c3ccccc3)c3ccccc3)c(N3CC4C[C@H](C3)Cn3c4cccc3=O)o2)cc1. The van der Waals surface area contributed by atoms with Crippen LogP contribution in [0.25, 0.3) is 11.5 Å². The van der Waals surface area contributed by atoms with Crippen molar-refractivity contribution in [1.82, 2.24) is 9.55 Å². The molecule has 46 heavy (non-hydrogen) atoms. The number of methoxy groups -OCH3 is 1. The number of benzene rings is 4. The molecule has 2 atom stereocenters. The number of oxazole rings is 1. The Kier molecular flexibility index (Phi) is 7.31. The van der Waals surface area contributed by atoms with E-state index in [0.717, 1.165) is 47.8 Å². The number of fused-ring (bicyclic) bond motifs is 4. The van der Waals surface area contributed by atoms with Crippen LogP contribution >= 0.6 is 7.26 Å². The predicted octanol–water partition coefficient (Wildman–Crippen LogP) is 5.76. The van der Waals surface area contributed by atoms with Gasteiger partial charge in [0.1, 0.15) is 21.7 Å². The van der Waals surface area contributed by atoms with Crippen LogP contribution in [0.5, 0.6) is 5.75 Å². The Morgan fingerprint density at radius 1 is 0.717 bits per heavy atom. The number of nitrogens with zero attached hydrogens (tertiary/aromatic N) is 3. The minimum absolute atomic E-state index is 0.0879. The van der Waals surface area contributed by atoms with Crippen molar-refractivity contribution in [3.63, 3.8) is 0 Å². The quantitative estimate of drug-likeness (QED) is 0.212. The first-order valence-corrected chi connectivity index (χ1v) is 17.6. The van der Waals surface area contributed by atoms with Crippen molar-refractivity contribution in [2.45, 2.75) is 18.9 Å². The molecule has 1 saturated heterocycles. The maximum absolute atomic E-state index is 12.8. The number of rotatable bonds is 7. The van der Waals surface area contributed by atoms with E-state index in [9.17, 15) is 4.79 Å². The molecule has 6 nitrogen and oxygen atoms in total. The van der Waals surface area contributed by atoms with Gasteiger partial charge in [-0.15, -0.1) is 0 Å². The molecule has 0 saturated carbocycles. The maximum atomic E-state index is 12.8. The molecule has 2 aliphatic rings. The molecule has 1 unspecified atom stereocenters. The third kappa shape index (κ3) is 4.76. The molecule has 0 N–H and O–H groups in total. The monoisotopic (exact) mass is 624 g/mol. The Morgan fingerprint density at radius 3 is 1.91 bits per heavy atom. The van der Waals surface area contributed by atoms with Gasteiger partial charge in [-0.1, -0.05) is 60.7 Å². The van der Waals surface area contributed by atoms with Gasteiger partial charge < -0.3 is 18.6 Å². The first kappa shape index (κ1) is 28.5. The van der Waals surface area contributed by atoms with E-state index in [2.05, 4.69) is 102 Å². The van der Waals surface area contributed by atoms with E-state index in [4.69, 9.17) is 14.1 Å². The number of aromatic nitrogens is 2. The van der Waals surface area contributed by atoms with Crippen molar-refractivity contribution in [3.05, 3.63) is 150 Å². The molecule has 228 valence electrons. The fourth-order valence-electron chi connectivity index (χ4n) is 7.42. The Hall–Kier alpha value is -4.93. The molecule has 4 aromatic carbocycles. The summed E-state index contributed by atoms with van der Waals surface area (Å²) in [6, 6.07) is 46.1. The summed E-state index contributed by atoms with van der Waals surface area (Å²) >= 11 is 0. The van der Waals surface area contributed by atoms with Gasteiger partial charge in [0.05, 0.1) is 7.11 Å². The van der Waals surface area contributed by atoms with Gasteiger partial charge >= 0.3 is 0 Å². The van der Waals surface area contributed by atoms with Gasteiger partial charge in [0.25, 0.3) is 16.9 Å². The second-order valence-corrected chi connectivity index (χ2v) is 15.5. The standard InChI is InChI=1S/C39H35N3O3P/c1-44-31-22-20-29(21-23-31)37-40-38(39(45-37)41-25-28-24-30(27-41)35-18-11-19-36(43)42(35)26-28)46(32-12-5-2-6-13-32,33-14-7-3-8-15-33)34-16-9-4-10-17-34/h2-23,28,30H,24-27H2,1H3/q+1/t28-,30?/m1/s1. The summed E-state index contributed by atoms with van der Waals surface area (Å²) in [6.07, 6.45) is 1.06. The lowest BCUT2D eigenvalue weighted by Crippen LogP contribution is -2.49. The summed E-state index contributed by atoms with van der Waals surface area (Å²) < 4.78 is 14.4. The molecule has 2 aromatic heterocycles. The molecule has 2 aliphatic heterocycles. The highest BCUT2D eigenvalue weighted by Gasteiger charge is 2.54. The molecule has 8 rings (SSSR count). The van der Waals surface area contributed by atoms with Crippen molar-refractivity contribution >= 4 is 34.5 Å². The molecular weight excluding hydrogens is 589 g/mol. The van der Waals surface area contributed by atoms with Gasteiger partial charge in [0.15, 0.2) is 7.26 Å². The lowest BCUT2D eigenvalue weighted by molar-refractivity contribution is 0.275. The number of pyridine rings is 1. The summed E-state index contributed by atoms with van der Waals surface area (Å²) in [5, 5.41) is 3.66. The van der Waals surface area contributed by atoms with E-state index in [1.54, 1.807) is 13.2 Å². The Morgan fingerprint density at radius 2 is 1.33 bits per heavy atom. The maximum Gasteiger partial charge on any atom is 0.262 e. The largest absolute Gasteiger partial charge is 0.497 e. The number of hydrogen-bond donors (Lipinski definition) is 0. The highest BCUT2D eigenvalue weighted by molar-refractivity contribution is 8.01. The summed E-state index contributed by atoms with van der Waals surface area (Å²) in [4.78, 5) is 20.8. The van der Waals surface area contributed by atoms with Gasteiger partial charge in [-0.25, -0.2) is 0 Å². The number of piperidine rings is 1. The highest BCUT2D eigenvalue weighted by atomic mass is 31.2. The molecule has 0 amide bonds. The Labute approximate surface area is 269 Å². The molecular formula is C39H35N3O3P+. The fraction of sp³-hybridized carbons (Fsp3) is 0.179. The van der Waals surface area contributed by atoms with E-state index < -0.39 is 7.26 Å². The van der Waals surface area contributed by atoms with Crippen molar-refractivity contribution in [2.24, 2.45) is 5.92 Å². The smallest absolute Gasteiger partial charge is 0.262 e. The van der Waals surface area contributed by atoms with Crippen molar-refractivity contribution in [1.29, 1.82) is 0 Å². The second-order valence-electron chi connectivity index (χ2n) is 12.2. The summed E-state index contributed by atoms with van der Waals surface area (Å²) in [7, 11) is -0.880. The van der Waals surface area contributed by atoms with Crippen LogP contribution in [0.1, 0.15) is 18.0 Å². The molecule has 0 aliphatic carbocycles. The van der Waals surface area contributed by atoms with Gasteiger partial charge in [0, 0.05) is 42.9 Å². The average molecular weight is 625 g/mol. The normalized spacial score (nSPS) is 17.4. The fourth-order valence-corrected chi connectivity index (χ4v) is 11.6. The average Bonchev–Trinajstić information content (AvgIpc) is 3.56. The predicted molar refractivity (Wildman–Crippen MR) is 187 cm³/mol. The lowest BCUT2D eigenvalue weighted by atomic mass is 9.83. The van der Waals surface area contributed by atoms with Crippen LogP contribution < -0.4 is 36.5 Å². The first-order chi connectivity index (χ1) is 22.6. The zero-order chi connectivity index (χ0) is 31.1. The highest BCUT2D eigenvalue weighted by Crippen LogP contribution is 2.56. The van der Waals surface area contributed by atoms with Crippen molar-refractivity contribution in [2.75, 3.05) is 25.1 Å². The van der Waals surface area contributed by atoms with Crippen LogP contribution in [-0.2, 0) is 6.54 Å². The molecule has 7 heteroatoms. The van der Waals surface area contributed by atoms with Gasteiger partial charge in [-0.2, -0.15) is 4.98 Å². The van der Waals surface area contributed by atoms with Crippen LogP contribution in [0.15, 0.2) is 143 Å². The van der Waals surface area contributed by atoms with Crippen LogP contribution in [0, 0.1) is 5.92 Å². The summed E-state index contributed by atoms with van der Waals surface area (Å²) in [5.41, 5.74) is 3.06. The first-order valence-electron chi connectivity index (χ1n) is 15.8. The molecule has 0 spiro atoms. The number of ether oxygens (including phenoxy) is 1. The molecule has 4 heterocycles. The molecule has 1 fully saturated rings. The van der Waals surface area contributed by atoms with Gasteiger partial charge in [0.2, 0.25) is 5.89 Å². The Bertz CT molecular complexity index is 1930. The second kappa shape index (κ2) is 11.8. The van der Waals surface area contributed by atoms with Crippen LogP contribution in [0.3, 0.4) is 0 Å². The molecule has 6 aromatic rings. The van der Waals surface area contributed by atoms with E-state index in [1.807, 2.05) is 34.9 Å². The third-order valence-electron chi connectivity index (χ3n) is 9.44. The topological polar surface area (TPSA) is 60.5 Å². The summed E-state index contributed by atoms with van der Waals surface area (Å²) in [6.45, 7) is 2.26. The van der Waals surface area contributed by atoms with Crippen LogP contribution in [-0.4, -0.2) is 29.8 Å². The molecule has 2 bridgehead atoms. The van der Waals surface area contributed by atoms with E-state index >= 15 is 0 Å². The minimum atomic E-state index is -2.56. The van der Waals surface area contributed by atoms with Crippen molar-refractivity contribution in [3.8, 4) is 17.2 Å². The zero-order valence-corrected chi connectivity index (χ0v) is 26.6. The number of anilines is 1. The summed E-state index contributed by atoms with van der Waals surface area (Å²) in [5.74, 6) is 2.74. The lowest BCUT2D eigenvalue weighted by Gasteiger charge is -2.42. The zero-order valence-electron chi connectivity index (χ0n) is 25.7. The van der Waals surface area contributed by atoms with E-state index in [0.29, 0.717) is 18.4 Å². The Balaban J connectivity index is 1.39. The van der Waals surface area contributed by atoms with Crippen LogP contribution in [0.4, 0.5) is 5.88 Å².